The van der Waals surface area contributed by atoms with E-state index in [-0.39, 0.29) is 0 Å². The maximum Gasteiger partial charge on any atom is 0.198 e. The Morgan fingerprint density at radius 3 is 2.80 bits per heavy atom. The zero-order chi connectivity index (χ0) is 7.66. The summed E-state index contributed by atoms with van der Waals surface area (Å²) in [6, 6.07) is 0. The van der Waals surface area contributed by atoms with E-state index >= 15 is 0 Å². The fourth-order valence-electron chi connectivity index (χ4n) is 0.601. The Labute approximate surface area is 59.9 Å². The number of unbranched alkanes of at least 4 members (excludes halogenated alkanes) is 3. The van der Waals surface area contributed by atoms with Gasteiger partial charge in [-0.25, -0.2) is 0 Å². The van der Waals surface area contributed by atoms with Crippen LogP contribution < -0.4 is 0 Å². The van der Waals surface area contributed by atoms with Crippen molar-refractivity contribution >= 4 is 6.29 Å². The molecule has 0 aromatic carbocycles. The van der Waals surface area contributed by atoms with Crippen LogP contribution in [0.4, 0.5) is 0 Å². The summed E-state index contributed by atoms with van der Waals surface area (Å²) in [5.74, 6) is 0. The van der Waals surface area contributed by atoms with Crippen molar-refractivity contribution in [1.29, 1.82) is 0 Å². The van der Waals surface area contributed by atoms with E-state index in [2.05, 4.69) is 10.0 Å². The van der Waals surface area contributed by atoms with Crippen LogP contribution in [0.25, 0.3) is 10.4 Å². The maximum absolute atomic E-state index is 9.69. The van der Waals surface area contributed by atoms with Gasteiger partial charge in [0.2, 0.25) is 0 Å². The van der Waals surface area contributed by atoms with Gasteiger partial charge >= 0.3 is 0 Å². The summed E-state index contributed by atoms with van der Waals surface area (Å²) >= 11 is 0. The number of hydrogen-bond acceptors (Lipinski definition) is 2. The van der Waals surface area contributed by atoms with Crippen LogP contribution in [-0.2, 0) is 4.79 Å². The zero-order valence-electron chi connectivity index (χ0n) is 5.79. The van der Waals surface area contributed by atoms with Gasteiger partial charge < -0.3 is 0 Å². The van der Waals surface area contributed by atoms with Crippen LogP contribution in [0.15, 0.2) is 5.11 Å². The molecule has 0 unspecified atom stereocenters. The molecular weight excluding hydrogens is 130 g/mol. The van der Waals surface area contributed by atoms with Crippen molar-refractivity contribution in [2.45, 2.75) is 25.7 Å². The minimum Gasteiger partial charge on any atom is -0.291 e. The second kappa shape index (κ2) is 7.98. The standard InChI is InChI=1S/C6H10N3O/c7-9-8-5-3-1-2-4-6-10/h1-5H2. The molecule has 55 valence electrons. The van der Waals surface area contributed by atoms with Crippen LogP contribution in [-0.4, -0.2) is 12.8 Å². The third-order valence-electron chi connectivity index (χ3n) is 1.10. The summed E-state index contributed by atoms with van der Waals surface area (Å²) in [6.07, 6.45) is 4.96. The van der Waals surface area contributed by atoms with Crippen LogP contribution in [0.3, 0.4) is 0 Å². The second-order valence-corrected chi connectivity index (χ2v) is 1.91. The van der Waals surface area contributed by atoms with Crippen LogP contribution in [0.2, 0.25) is 0 Å². The number of carbonyl (C=O) groups excluding carboxylic acids is 1. The van der Waals surface area contributed by atoms with E-state index in [1.165, 1.54) is 0 Å². The van der Waals surface area contributed by atoms with Crippen molar-refractivity contribution in [2.24, 2.45) is 5.11 Å². The van der Waals surface area contributed by atoms with E-state index < -0.39 is 0 Å². The van der Waals surface area contributed by atoms with Crippen LogP contribution in [0, 0.1) is 0 Å². The monoisotopic (exact) mass is 140 g/mol. The molecule has 0 saturated carbocycles. The molecule has 0 fully saturated rings. The van der Waals surface area contributed by atoms with Crippen LogP contribution >= 0.6 is 0 Å². The average molecular weight is 140 g/mol. The lowest BCUT2D eigenvalue weighted by molar-refractivity contribution is 0.545. The second-order valence-electron chi connectivity index (χ2n) is 1.91. The molecule has 0 aromatic heterocycles. The topological polar surface area (TPSA) is 65.8 Å². The van der Waals surface area contributed by atoms with E-state index in [0.29, 0.717) is 13.0 Å². The molecule has 4 heteroatoms. The molecule has 0 saturated heterocycles. The average Bonchev–Trinajstić information content (AvgIpc) is 1.97. The van der Waals surface area contributed by atoms with Crippen molar-refractivity contribution < 1.29 is 4.79 Å². The highest BCUT2D eigenvalue weighted by molar-refractivity contribution is 5.50. The summed E-state index contributed by atoms with van der Waals surface area (Å²) in [7, 11) is 0. The summed E-state index contributed by atoms with van der Waals surface area (Å²) in [5, 5.41) is 3.35. The molecule has 1 radical (unpaired) electrons. The summed E-state index contributed by atoms with van der Waals surface area (Å²) in [4.78, 5) is 12.3. The Hall–Kier alpha value is -1.02. The largest absolute Gasteiger partial charge is 0.291 e. The van der Waals surface area contributed by atoms with Gasteiger partial charge in [-0.05, 0) is 18.4 Å². The molecule has 0 aliphatic heterocycles. The van der Waals surface area contributed by atoms with Crippen LogP contribution in [0.1, 0.15) is 25.7 Å². The highest BCUT2D eigenvalue weighted by Crippen LogP contribution is 1.97. The number of hydrogen-bond donors (Lipinski definition) is 0. The highest BCUT2D eigenvalue weighted by atomic mass is 16.1. The first kappa shape index (κ1) is 8.98. The van der Waals surface area contributed by atoms with Crippen molar-refractivity contribution in [3.63, 3.8) is 0 Å². The normalized spacial score (nSPS) is 8.40. The molecular formula is C6H10N3O. The van der Waals surface area contributed by atoms with Gasteiger partial charge in [0.15, 0.2) is 6.29 Å². The Morgan fingerprint density at radius 2 is 2.20 bits per heavy atom. The first-order valence-electron chi connectivity index (χ1n) is 3.27. The van der Waals surface area contributed by atoms with Crippen LogP contribution in [0.5, 0.6) is 0 Å². The predicted molar refractivity (Wildman–Crippen MR) is 38.2 cm³/mol. The third-order valence-corrected chi connectivity index (χ3v) is 1.10. The molecule has 0 aromatic rings. The van der Waals surface area contributed by atoms with Gasteiger partial charge in [0, 0.05) is 17.9 Å². The van der Waals surface area contributed by atoms with Gasteiger partial charge in [0.1, 0.15) is 0 Å². The predicted octanol–water partition coefficient (Wildman–Crippen LogP) is 1.97. The van der Waals surface area contributed by atoms with Crippen molar-refractivity contribution in [3.8, 4) is 0 Å². The lowest BCUT2D eigenvalue weighted by Gasteiger charge is -1.90. The van der Waals surface area contributed by atoms with Gasteiger partial charge in [-0.1, -0.05) is 11.5 Å². The molecule has 0 aliphatic rings. The van der Waals surface area contributed by atoms with Gasteiger partial charge in [-0.2, -0.15) is 0 Å². The van der Waals surface area contributed by atoms with Crippen molar-refractivity contribution in [1.82, 2.24) is 0 Å². The molecule has 0 heterocycles. The van der Waals surface area contributed by atoms with Crippen molar-refractivity contribution in [2.75, 3.05) is 6.54 Å². The number of nitrogens with zero attached hydrogens (tertiary/aromatic N) is 3. The minimum absolute atomic E-state index is 0.496. The number of azide groups is 1. The lowest BCUT2D eigenvalue weighted by Crippen LogP contribution is -1.81. The molecule has 10 heavy (non-hydrogen) atoms. The highest BCUT2D eigenvalue weighted by Gasteiger charge is 1.86. The molecule has 0 rings (SSSR count). The minimum atomic E-state index is 0.496. The third kappa shape index (κ3) is 6.98. The van der Waals surface area contributed by atoms with E-state index in [0.717, 1.165) is 19.3 Å². The summed E-state index contributed by atoms with van der Waals surface area (Å²) < 4.78 is 0. The molecule has 0 amide bonds. The summed E-state index contributed by atoms with van der Waals surface area (Å²) in [5.41, 5.74) is 7.86. The van der Waals surface area contributed by atoms with E-state index in [9.17, 15) is 4.79 Å². The van der Waals surface area contributed by atoms with Gasteiger partial charge in [0.25, 0.3) is 0 Å². The Morgan fingerprint density at radius 1 is 1.40 bits per heavy atom. The van der Waals surface area contributed by atoms with Gasteiger partial charge in [-0.15, -0.1) is 0 Å². The molecule has 0 bridgehead atoms. The molecule has 0 atom stereocenters. The van der Waals surface area contributed by atoms with Gasteiger partial charge in [-0.3, -0.25) is 4.79 Å². The fraction of sp³-hybridized carbons (Fsp3) is 0.833. The Bertz CT molecular complexity index is 129. The smallest absolute Gasteiger partial charge is 0.198 e. The molecule has 4 nitrogen and oxygen atoms in total. The van der Waals surface area contributed by atoms with E-state index in [1.807, 2.05) is 0 Å². The van der Waals surface area contributed by atoms with Gasteiger partial charge in [0.05, 0.1) is 0 Å². The Kier molecular flexibility index (Phi) is 7.17. The molecule has 0 N–H and O–H groups in total. The van der Waals surface area contributed by atoms with E-state index in [1.54, 1.807) is 6.29 Å². The lowest BCUT2D eigenvalue weighted by atomic mass is 10.2. The van der Waals surface area contributed by atoms with E-state index in [4.69, 9.17) is 5.53 Å². The maximum atomic E-state index is 9.69. The first-order valence-corrected chi connectivity index (χ1v) is 3.27. The SMILES string of the molecule is [N-]=[N+]=NCCCCC[C]=O. The first-order chi connectivity index (χ1) is 4.91. The quantitative estimate of drug-likeness (QED) is 0.240. The number of rotatable bonds is 6. The zero-order valence-corrected chi connectivity index (χ0v) is 5.79. The van der Waals surface area contributed by atoms with Crippen molar-refractivity contribution in [3.05, 3.63) is 10.4 Å². The summed E-state index contributed by atoms with van der Waals surface area (Å²) in [6.45, 7) is 0.537. The molecule has 0 spiro atoms. The molecule has 0 aliphatic carbocycles. The Balaban J connectivity index is 2.90. The fourth-order valence-corrected chi connectivity index (χ4v) is 0.601.